The summed E-state index contributed by atoms with van der Waals surface area (Å²) in [6, 6.07) is 7.40. The first kappa shape index (κ1) is 14.6. The molecule has 0 saturated carbocycles. The number of nitrogens with zero attached hydrogens (tertiary/aromatic N) is 1. The first-order chi connectivity index (χ1) is 10.4. The van der Waals surface area contributed by atoms with Crippen LogP contribution in [0.3, 0.4) is 0 Å². The zero-order valence-electron chi connectivity index (χ0n) is 12.4. The Hall–Kier alpha value is -2.28. The predicted molar refractivity (Wildman–Crippen MR) is 83.9 cm³/mol. The molecule has 0 aliphatic carbocycles. The van der Waals surface area contributed by atoms with E-state index in [0.29, 0.717) is 17.1 Å². The van der Waals surface area contributed by atoms with Crippen LogP contribution in [-0.4, -0.2) is 21.7 Å². The molecule has 1 atom stereocenters. The second kappa shape index (κ2) is 5.17. The van der Waals surface area contributed by atoms with Gasteiger partial charge in [-0.25, -0.2) is 0 Å². The number of carbonyl (C=O) groups is 2. The summed E-state index contributed by atoms with van der Waals surface area (Å²) in [5.74, 6) is -0.240. The summed E-state index contributed by atoms with van der Waals surface area (Å²) in [5.41, 5.74) is 1.81. The number of thioether (sulfide) groups is 1. The Kier molecular flexibility index (Phi) is 3.44. The molecule has 2 N–H and O–H groups in total. The fourth-order valence-corrected chi connectivity index (χ4v) is 3.31. The summed E-state index contributed by atoms with van der Waals surface area (Å²) in [6.07, 6.45) is 0. The van der Waals surface area contributed by atoms with Crippen molar-refractivity contribution >= 4 is 35.0 Å². The summed E-state index contributed by atoms with van der Waals surface area (Å²) in [6.45, 7) is 5.05. The van der Waals surface area contributed by atoms with Crippen molar-refractivity contribution in [3.8, 4) is 0 Å². The average Bonchev–Trinajstić information content (AvgIpc) is 2.80. The maximum Gasteiger partial charge on any atom is 0.250 e. The van der Waals surface area contributed by atoms with Crippen molar-refractivity contribution < 1.29 is 14.1 Å². The molecule has 1 aromatic carbocycles. The van der Waals surface area contributed by atoms with Gasteiger partial charge in [0.25, 0.3) is 0 Å². The number of para-hydroxylation sites is 1. The van der Waals surface area contributed by atoms with Gasteiger partial charge in [0.1, 0.15) is 11.4 Å². The number of aryl methyl sites for hydroxylation is 2. The zero-order valence-corrected chi connectivity index (χ0v) is 13.2. The molecule has 1 aliphatic heterocycles. The van der Waals surface area contributed by atoms with Crippen molar-refractivity contribution in [2.45, 2.75) is 30.4 Å². The summed E-state index contributed by atoms with van der Waals surface area (Å²) < 4.78 is 3.77. The minimum absolute atomic E-state index is 0.347. The van der Waals surface area contributed by atoms with E-state index in [1.54, 1.807) is 20.8 Å². The van der Waals surface area contributed by atoms with Crippen molar-refractivity contribution in [2.75, 3.05) is 10.6 Å². The third-order valence-corrected chi connectivity index (χ3v) is 4.94. The Morgan fingerprint density at radius 2 is 2.09 bits per heavy atom. The number of fused-ring (bicyclic) bond motifs is 1. The molecular formula is C15H15N3O3S. The molecule has 114 valence electrons. The number of aromatic nitrogens is 1. The lowest BCUT2D eigenvalue weighted by atomic mass is 10.1. The van der Waals surface area contributed by atoms with E-state index in [1.165, 1.54) is 11.8 Å². The van der Waals surface area contributed by atoms with Crippen LogP contribution in [0.15, 0.2) is 33.7 Å². The van der Waals surface area contributed by atoms with Gasteiger partial charge in [-0.3, -0.25) is 9.59 Å². The van der Waals surface area contributed by atoms with Gasteiger partial charge in [0, 0.05) is 4.90 Å². The quantitative estimate of drug-likeness (QED) is 0.832. The van der Waals surface area contributed by atoms with E-state index in [1.807, 2.05) is 24.3 Å². The fraction of sp³-hybridized carbons (Fsp3) is 0.267. The highest BCUT2D eigenvalue weighted by Crippen LogP contribution is 2.42. The number of hydrogen-bond acceptors (Lipinski definition) is 5. The van der Waals surface area contributed by atoms with E-state index in [9.17, 15) is 9.59 Å². The van der Waals surface area contributed by atoms with Crippen LogP contribution in [0.4, 0.5) is 11.4 Å². The lowest BCUT2D eigenvalue weighted by Crippen LogP contribution is -2.49. The molecule has 0 radical (unpaired) electrons. The van der Waals surface area contributed by atoms with Crippen LogP contribution in [0.5, 0.6) is 0 Å². The van der Waals surface area contributed by atoms with Crippen LogP contribution in [0, 0.1) is 13.8 Å². The van der Waals surface area contributed by atoms with E-state index in [-0.39, 0.29) is 5.91 Å². The van der Waals surface area contributed by atoms with Crippen molar-refractivity contribution in [2.24, 2.45) is 0 Å². The Bertz CT molecular complexity index is 752. The lowest BCUT2D eigenvalue weighted by Gasteiger charge is -2.31. The Labute approximate surface area is 131 Å². The number of anilines is 2. The number of hydrogen-bond donors (Lipinski definition) is 2. The summed E-state index contributed by atoms with van der Waals surface area (Å²) in [7, 11) is 0. The van der Waals surface area contributed by atoms with Gasteiger partial charge in [0.05, 0.1) is 5.69 Å². The second-order valence-corrected chi connectivity index (χ2v) is 6.70. The van der Waals surface area contributed by atoms with E-state index >= 15 is 0 Å². The smallest absolute Gasteiger partial charge is 0.250 e. The van der Waals surface area contributed by atoms with Gasteiger partial charge in [-0.1, -0.05) is 29.1 Å². The standard InChI is InChI=1S/C15H15N3O3S/c1-8-12(9(2)21-18-8)17-14(20)15(3)13(19)16-10-6-4-5-7-11(10)22-15/h4-7H,1-3H3,(H,16,19)(H,17,20). The van der Waals surface area contributed by atoms with Gasteiger partial charge in [0.2, 0.25) is 11.8 Å². The van der Waals surface area contributed by atoms with Crippen molar-refractivity contribution in [1.29, 1.82) is 0 Å². The summed E-state index contributed by atoms with van der Waals surface area (Å²) >= 11 is 1.23. The Morgan fingerprint density at radius 1 is 1.36 bits per heavy atom. The minimum Gasteiger partial charge on any atom is -0.359 e. The highest BCUT2D eigenvalue weighted by Gasteiger charge is 2.46. The van der Waals surface area contributed by atoms with E-state index in [4.69, 9.17) is 4.52 Å². The summed E-state index contributed by atoms with van der Waals surface area (Å²) in [4.78, 5) is 25.9. The third-order valence-electron chi connectivity index (χ3n) is 3.59. The Morgan fingerprint density at radius 3 is 2.77 bits per heavy atom. The van der Waals surface area contributed by atoms with Gasteiger partial charge in [-0.15, -0.1) is 0 Å². The van der Waals surface area contributed by atoms with Crippen molar-refractivity contribution in [3.05, 3.63) is 35.7 Å². The van der Waals surface area contributed by atoms with Crippen molar-refractivity contribution in [1.82, 2.24) is 5.16 Å². The topological polar surface area (TPSA) is 84.2 Å². The van der Waals surface area contributed by atoms with Gasteiger partial charge in [-0.05, 0) is 32.9 Å². The van der Waals surface area contributed by atoms with Crippen LogP contribution in [-0.2, 0) is 9.59 Å². The molecule has 0 bridgehead atoms. The zero-order chi connectivity index (χ0) is 15.9. The van der Waals surface area contributed by atoms with E-state index < -0.39 is 10.7 Å². The molecule has 6 nitrogen and oxygen atoms in total. The van der Waals surface area contributed by atoms with Crippen LogP contribution < -0.4 is 10.6 Å². The number of benzene rings is 1. The fourth-order valence-electron chi connectivity index (χ4n) is 2.21. The van der Waals surface area contributed by atoms with Crippen LogP contribution in [0.2, 0.25) is 0 Å². The molecule has 22 heavy (non-hydrogen) atoms. The maximum atomic E-state index is 12.6. The molecule has 1 unspecified atom stereocenters. The average molecular weight is 317 g/mol. The third kappa shape index (κ3) is 2.27. The predicted octanol–water partition coefficient (Wildman–Crippen LogP) is 2.73. The number of carbonyl (C=O) groups excluding carboxylic acids is 2. The number of amides is 2. The first-order valence-corrected chi connectivity index (χ1v) is 7.57. The molecule has 0 saturated heterocycles. The molecular weight excluding hydrogens is 302 g/mol. The molecule has 2 aromatic rings. The number of nitrogens with one attached hydrogen (secondary N) is 2. The molecule has 1 aliphatic rings. The first-order valence-electron chi connectivity index (χ1n) is 6.75. The summed E-state index contributed by atoms with van der Waals surface area (Å²) in [5, 5.41) is 9.33. The van der Waals surface area contributed by atoms with Gasteiger partial charge < -0.3 is 15.2 Å². The normalized spacial score (nSPS) is 20.2. The molecule has 2 amide bonds. The maximum absolute atomic E-state index is 12.6. The van der Waals surface area contributed by atoms with Crippen LogP contribution >= 0.6 is 11.8 Å². The lowest BCUT2D eigenvalue weighted by molar-refractivity contribution is -0.126. The Balaban J connectivity index is 1.90. The monoisotopic (exact) mass is 317 g/mol. The van der Waals surface area contributed by atoms with Gasteiger partial charge >= 0.3 is 0 Å². The molecule has 1 aromatic heterocycles. The van der Waals surface area contributed by atoms with E-state index in [2.05, 4.69) is 15.8 Å². The van der Waals surface area contributed by atoms with Crippen LogP contribution in [0.1, 0.15) is 18.4 Å². The van der Waals surface area contributed by atoms with Crippen molar-refractivity contribution in [3.63, 3.8) is 0 Å². The molecule has 0 spiro atoms. The van der Waals surface area contributed by atoms with E-state index in [0.717, 1.165) is 10.6 Å². The highest BCUT2D eigenvalue weighted by atomic mass is 32.2. The minimum atomic E-state index is -1.26. The molecule has 3 rings (SSSR count). The number of rotatable bonds is 2. The van der Waals surface area contributed by atoms with Gasteiger partial charge in [0.15, 0.2) is 10.5 Å². The highest BCUT2D eigenvalue weighted by molar-refractivity contribution is 8.02. The second-order valence-electron chi connectivity index (χ2n) is 5.24. The molecule has 0 fully saturated rings. The SMILES string of the molecule is Cc1noc(C)c1NC(=O)C1(C)Sc2ccccc2NC1=O. The molecule has 2 heterocycles. The van der Waals surface area contributed by atoms with Crippen LogP contribution in [0.25, 0.3) is 0 Å². The van der Waals surface area contributed by atoms with Gasteiger partial charge in [-0.2, -0.15) is 0 Å². The molecule has 7 heteroatoms. The largest absolute Gasteiger partial charge is 0.359 e.